The lowest BCUT2D eigenvalue weighted by Crippen LogP contribution is -2.27. The van der Waals surface area contributed by atoms with Gasteiger partial charge >= 0.3 is 0 Å². The Morgan fingerprint density at radius 1 is 1.37 bits per heavy atom. The van der Waals surface area contributed by atoms with Crippen LogP contribution in [0.25, 0.3) is 0 Å². The maximum Gasteiger partial charge on any atom is 0.230 e. The van der Waals surface area contributed by atoms with Crippen molar-refractivity contribution in [2.75, 3.05) is 18.1 Å². The summed E-state index contributed by atoms with van der Waals surface area (Å²) in [6.45, 7) is 0.704. The van der Waals surface area contributed by atoms with E-state index in [0.29, 0.717) is 12.3 Å². The Balaban J connectivity index is 1.49. The zero-order valence-corrected chi connectivity index (χ0v) is 12.8. The summed E-state index contributed by atoms with van der Waals surface area (Å²) in [7, 11) is 0. The lowest BCUT2D eigenvalue weighted by molar-refractivity contribution is -0.118. The van der Waals surface area contributed by atoms with Crippen LogP contribution in [0.5, 0.6) is 0 Å². The van der Waals surface area contributed by atoms with E-state index in [1.807, 2.05) is 29.6 Å². The number of carbonyl (C=O) groups excluding carboxylic acids is 1. The highest BCUT2D eigenvalue weighted by atomic mass is 32.2. The summed E-state index contributed by atoms with van der Waals surface area (Å²) < 4.78 is 6.41. The largest absolute Gasteiger partial charge is 0.468 e. The third-order valence-electron chi connectivity index (χ3n) is 2.23. The molecule has 0 unspecified atom stereocenters. The first kappa shape index (κ1) is 14.6. The maximum absolute atomic E-state index is 11.6. The van der Waals surface area contributed by atoms with Crippen LogP contribution < -0.4 is 5.32 Å². The molecule has 0 aliphatic heterocycles. The number of furan rings is 1. The molecule has 0 saturated carbocycles. The third-order valence-corrected chi connectivity index (χ3v) is 5.35. The van der Waals surface area contributed by atoms with Crippen LogP contribution in [-0.4, -0.2) is 24.0 Å². The lowest BCUT2D eigenvalue weighted by atomic mass is 10.5. The summed E-state index contributed by atoms with van der Waals surface area (Å²) in [5.41, 5.74) is 0. The molecule has 0 aromatic carbocycles. The Morgan fingerprint density at radius 3 is 3.05 bits per heavy atom. The van der Waals surface area contributed by atoms with Crippen LogP contribution in [-0.2, 0) is 10.5 Å². The molecule has 0 aliphatic carbocycles. The van der Waals surface area contributed by atoms with E-state index in [-0.39, 0.29) is 5.91 Å². The van der Waals surface area contributed by atoms with Crippen LogP contribution in [0, 0.1) is 0 Å². The van der Waals surface area contributed by atoms with E-state index in [4.69, 9.17) is 4.42 Å². The molecule has 2 aromatic heterocycles. The second-order valence-corrected chi connectivity index (χ2v) is 7.03. The molecular weight excluding hydrogens is 298 g/mol. The van der Waals surface area contributed by atoms with E-state index in [9.17, 15) is 4.79 Å². The van der Waals surface area contributed by atoms with E-state index in [0.717, 1.165) is 17.3 Å². The van der Waals surface area contributed by atoms with Gasteiger partial charge in [0, 0.05) is 12.3 Å². The van der Waals surface area contributed by atoms with Gasteiger partial charge in [-0.25, -0.2) is 0 Å². The molecule has 1 N–H and O–H groups in total. The molecule has 2 rings (SSSR count). The van der Waals surface area contributed by atoms with Gasteiger partial charge in [0.2, 0.25) is 5.91 Å². The highest BCUT2D eigenvalue weighted by Crippen LogP contribution is 2.22. The highest BCUT2D eigenvalue weighted by molar-refractivity contribution is 8.01. The van der Waals surface area contributed by atoms with Gasteiger partial charge < -0.3 is 9.73 Å². The van der Waals surface area contributed by atoms with Crippen molar-refractivity contribution in [1.82, 2.24) is 5.32 Å². The van der Waals surface area contributed by atoms with Gasteiger partial charge in [-0.3, -0.25) is 4.79 Å². The molecule has 0 spiro atoms. The number of thioether (sulfide) groups is 2. The monoisotopic (exact) mass is 313 g/mol. The van der Waals surface area contributed by atoms with Crippen molar-refractivity contribution in [2.45, 2.75) is 9.96 Å². The van der Waals surface area contributed by atoms with Crippen molar-refractivity contribution in [2.24, 2.45) is 0 Å². The van der Waals surface area contributed by atoms with Crippen LogP contribution in [0.15, 0.2) is 44.5 Å². The lowest BCUT2D eigenvalue weighted by Gasteiger charge is -2.03. The predicted octanol–water partition coefficient (Wildman–Crippen LogP) is 3.48. The molecule has 1 amide bonds. The van der Waals surface area contributed by atoms with Crippen molar-refractivity contribution in [3.63, 3.8) is 0 Å². The highest BCUT2D eigenvalue weighted by Gasteiger charge is 2.03. The number of thiophene rings is 1. The van der Waals surface area contributed by atoms with E-state index in [1.54, 1.807) is 41.1 Å². The van der Waals surface area contributed by atoms with Crippen molar-refractivity contribution >= 4 is 40.8 Å². The average Bonchev–Trinajstić information content (AvgIpc) is 3.09. The molecule has 0 atom stereocenters. The fourth-order valence-corrected chi connectivity index (χ4v) is 3.73. The minimum atomic E-state index is 0.0944. The van der Waals surface area contributed by atoms with Gasteiger partial charge in [-0.2, -0.15) is 11.8 Å². The zero-order chi connectivity index (χ0) is 13.3. The van der Waals surface area contributed by atoms with Gasteiger partial charge in [-0.15, -0.1) is 23.1 Å². The van der Waals surface area contributed by atoms with Crippen LogP contribution in [0.2, 0.25) is 0 Å². The Hall–Kier alpha value is -0.850. The third kappa shape index (κ3) is 5.76. The molecule has 0 saturated heterocycles. The van der Waals surface area contributed by atoms with E-state index in [1.165, 1.54) is 4.21 Å². The summed E-state index contributed by atoms with van der Waals surface area (Å²) in [6.07, 6.45) is 1.68. The first-order valence-corrected chi connectivity index (χ1v) is 8.90. The fraction of sp³-hybridized carbons (Fsp3) is 0.308. The van der Waals surface area contributed by atoms with Gasteiger partial charge in [0.1, 0.15) is 5.76 Å². The molecule has 0 radical (unpaired) electrons. The smallest absolute Gasteiger partial charge is 0.230 e. The number of nitrogens with one attached hydrogen (secondary N) is 1. The molecule has 0 fully saturated rings. The van der Waals surface area contributed by atoms with Gasteiger partial charge in [0.05, 0.1) is 22.0 Å². The van der Waals surface area contributed by atoms with Gasteiger partial charge in [-0.1, -0.05) is 6.07 Å². The van der Waals surface area contributed by atoms with E-state index < -0.39 is 0 Å². The van der Waals surface area contributed by atoms with Crippen LogP contribution in [0.1, 0.15) is 5.76 Å². The Bertz CT molecular complexity index is 468. The molecule has 2 heterocycles. The summed E-state index contributed by atoms with van der Waals surface area (Å²) in [5.74, 6) is 3.31. The summed E-state index contributed by atoms with van der Waals surface area (Å²) in [5, 5.41) is 4.94. The molecule has 3 nitrogen and oxygen atoms in total. The first-order chi connectivity index (χ1) is 9.34. The topological polar surface area (TPSA) is 42.2 Å². The quantitative estimate of drug-likeness (QED) is 0.598. The minimum Gasteiger partial charge on any atom is -0.468 e. The normalized spacial score (nSPS) is 10.5. The molecule has 19 heavy (non-hydrogen) atoms. The van der Waals surface area contributed by atoms with Crippen molar-refractivity contribution < 1.29 is 9.21 Å². The summed E-state index contributed by atoms with van der Waals surface area (Å²) in [4.78, 5) is 11.6. The SMILES string of the molecule is O=C(CSc1cccs1)NCCSCc1ccco1. The van der Waals surface area contributed by atoms with E-state index >= 15 is 0 Å². The standard InChI is InChI=1S/C13H15NO2S3/c15-12(10-19-13-4-2-7-18-13)14-5-8-17-9-11-3-1-6-16-11/h1-4,6-7H,5,8-10H2,(H,14,15). The second-order valence-electron chi connectivity index (χ2n) is 3.70. The molecule has 6 heteroatoms. The van der Waals surface area contributed by atoms with Gasteiger partial charge in [0.15, 0.2) is 0 Å². The number of amides is 1. The molecule has 102 valence electrons. The van der Waals surface area contributed by atoms with Crippen LogP contribution >= 0.6 is 34.9 Å². The Morgan fingerprint density at radius 2 is 2.32 bits per heavy atom. The predicted molar refractivity (Wildman–Crippen MR) is 82.9 cm³/mol. The van der Waals surface area contributed by atoms with Crippen molar-refractivity contribution in [3.8, 4) is 0 Å². The number of hydrogen-bond donors (Lipinski definition) is 1. The van der Waals surface area contributed by atoms with Crippen molar-refractivity contribution in [3.05, 3.63) is 41.7 Å². The number of rotatable bonds is 8. The van der Waals surface area contributed by atoms with Gasteiger partial charge in [0.25, 0.3) is 0 Å². The summed E-state index contributed by atoms with van der Waals surface area (Å²) >= 11 is 5.00. The Kier molecular flexibility index (Phi) is 6.39. The van der Waals surface area contributed by atoms with Crippen LogP contribution in [0.4, 0.5) is 0 Å². The van der Waals surface area contributed by atoms with Gasteiger partial charge in [-0.05, 0) is 23.6 Å². The van der Waals surface area contributed by atoms with E-state index in [2.05, 4.69) is 5.32 Å². The second kappa shape index (κ2) is 8.35. The van der Waals surface area contributed by atoms with Crippen molar-refractivity contribution in [1.29, 1.82) is 0 Å². The average molecular weight is 313 g/mol. The molecule has 0 bridgehead atoms. The first-order valence-electron chi connectivity index (χ1n) is 5.88. The maximum atomic E-state index is 11.6. The number of carbonyl (C=O) groups is 1. The fourth-order valence-electron chi connectivity index (χ4n) is 1.36. The zero-order valence-electron chi connectivity index (χ0n) is 10.3. The molecule has 0 aliphatic rings. The molecular formula is C13H15NO2S3. The minimum absolute atomic E-state index is 0.0944. The molecule has 2 aromatic rings. The summed E-state index contributed by atoms with van der Waals surface area (Å²) in [6, 6.07) is 7.88. The van der Waals surface area contributed by atoms with Crippen LogP contribution in [0.3, 0.4) is 0 Å². The Labute approximate surface area is 125 Å². The number of hydrogen-bond acceptors (Lipinski definition) is 5.